The van der Waals surface area contributed by atoms with Crippen LogP contribution in [0.3, 0.4) is 0 Å². The number of fused-ring (bicyclic) bond motifs is 4. The summed E-state index contributed by atoms with van der Waals surface area (Å²) in [5, 5.41) is 14.7. The van der Waals surface area contributed by atoms with E-state index in [1.54, 1.807) is 45.0 Å². The number of esters is 3. The van der Waals surface area contributed by atoms with Crippen molar-refractivity contribution >= 4 is 35.8 Å². The van der Waals surface area contributed by atoms with Gasteiger partial charge in [-0.25, -0.2) is 4.79 Å². The molecule has 1 saturated carbocycles. The Morgan fingerprint density at radius 2 is 1.59 bits per heavy atom. The van der Waals surface area contributed by atoms with Crippen molar-refractivity contribution in [1.29, 1.82) is 0 Å². The van der Waals surface area contributed by atoms with Crippen LogP contribution in [0.1, 0.15) is 122 Å². The van der Waals surface area contributed by atoms with E-state index in [0.717, 1.165) is 50.2 Å². The van der Waals surface area contributed by atoms with E-state index in [0.29, 0.717) is 24.0 Å². The van der Waals surface area contributed by atoms with Gasteiger partial charge in [0.1, 0.15) is 41.5 Å². The van der Waals surface area contributed by atoms with Crippen LogP contribution < -0.4 is 5.32 Å². The molecule has 0 radical (unpaired) electrons. The number of carbonyl (C=O) groups excluding carboxylic acids is 5. The summed E-state index contributed by atoms with van der Waals surface area (Å²) in [6.45, 7) is 7.22. The van der Waals surface area contributed by atoms with E-state index in [1.165, 1.54) is 23.1 Å². The molecule has 2 amide bonds. The van der Waals surface area contributed by atoms with E-state index in [1.807, 2.05) is 30.3 Å². The van der Waals surface area contributed by atoms with Crippen LogP contribution in [0.25, 0.3) is 6.08 Å². The number of hydroxylamine groups is 2. The quantitative estimate of drug-likeness (QED) is 0.0508. The molecule has 6 rings (SSSR count). The Bertz CT molecular complexity index is 2110. The number of alkyl halides is 3. The maximum atomic E-state index is 15.8. The highest BCUT2D eigenvalue weighted by Gasteiger charge is 2.76. The first-order valence-electron chi connectivity index (χ1n) is 24.2. The van der Waals surface area contributed by atoms with Crippen molar-refractivity contribution in [2.75, 3.05) is 20.3 Å². The minimum atomic E-state index is -4.66. The summed E-state index contributed by atoms with van der Waals surface area (Å²) in [7, 11) is 1.51. The van der Waals surface area contributed by atoms with Gasteiger partial charge in [0.2, 0.25) is 11.8 Å². The van der Waals surface area contributed by atoms with Crippen LogP contribution in [0, 0.1) is 5.41 Å². The Balaban J connectivity index is 1.34. The normalized spacial score (nSPS) is 24.8. The summed E-state index contributed by atoms with van der Waals surface area (Å²) in [5.74, 6) is -4.53. The van der Waals surface area contributed by atoms with E-state index in [-0.39, 0.29) is 32.2 Å². The number of aliphatic hydroxyl groups excluding tert-OH is 1. The Morgan fingerprint density at radius 1 is 0.942 bits per heavy atom. The van der Waals surface area contributed by atoms with Gasteiger partial charge in [-0.2, -0.15) is 18.2 Å². The third-order valence-electron chi connectivity index (χ3n) is 13.1. The summed E-state index contributed by atoms with van der Waals surface area (Å²) in [6, 6.07) is 12.4. The van der Waals surface area contributed by atoms with Gasteiger partial charge < -0.3 is 39.0 Å². The molecule has 4 aliphatic rings. The van der Waals surface area contributed by atoms with Crippen molar-refractivity contribution in [2.45, 2.75) is 178 Å². The van der Waals surface area contributed by atoms with E-state index in [2.05, 4.69) is 23.9 Å². The number of halogens is 3. The zero-order valence-electron chi connectivity index (χ0n) is 40.5. The van der Waals surface area contributed by atoms with Crippen molar-refractivity contribution in [3.8, 4) is 0 Å². The average molecular weight is 972 g/mol. The number of aliphatic hydroxyl groups is 1. The minimum absolute atomic E-state index is 0.00126. The second-order valence-electron chi connectivity index (χ2n) is 19.6. The number of ether oxygens (including phenoxy) is 5. The van der Waals surface area contributed by atoms with Crippen LogP contribution >= 0.6 is 0 Å². The van der Waals surface area contributed by atoms with Crippen molar-refractivity contribution in [2.24, 2.45) is 5.41 Å². The number of nitrogens with one attached hydrogen (secondary N) is 1. The molecule has 2 N–H and O–H groups in total. The van der Waals surface area contributed by atoms with Crippen LogP contribution in [-0.4, -0.2) is 125 Å². The van der Waals surface area contributed by atoms with Crippen molar-refractivity contribution < 1.29 is 70.8 Å². The highest BCUT2D eigenvalue weighted by Crippen LogP contribution is 2.58. The Morgan fingerprint density at radius 3 is 2.20 bits per heavy atom. The zero-order valence-corrected chi connectivity index (χ0v) is 40.5. The third-order valence-corrected chi connectivity index (χ3v) is 13.1. The van der Waals surface area contributed by atoms with Gasteiger partial charge in [0, 0.05) is 45.2 Å². The number of benzene rings is 2. The zero-order chi connectivity index (χ0) is 50.1. The number of unbranched alkanes of at least 4 members (excludes halogenated alkanes) is 4. The number of likely N-dealkylation sites (N-methyl/N-ethyl adjacent to an activating group) is 1. The Hall–Kier alpha value is -4.88. The molecule has 2 unspecified atom stereocenters. The van der Waals surface area contributed by atoms with Crippen molar-refractivity contribution in [3.05, 3.63) is 77.4 Å². The summed E-state index contributed by atoms with van der Waals surface area (Å²) in [5.41, 5.74) is -0.542. The van der Waals surface area contributed by atoms with Gasteiger partial charge in [0.15, 0.2) is 18.4 Å². The second-order valence-corrected chi connectivity index (χ2v) is 19.6. The van der Waals surface area contributed by atoms with Gasteiger partial charge in [-0.3, -0.25) is 24.0 Å². The number of hydrogen-bond acceptors (Lipinski definition) is 13. The van der Waals surface area contributed by atoms with Crippen LogP contribution in [-0.2, 0) is 65.5 Å². The van der Waals surface area contributed by atoms with Gasteiger partial charge >= 0.3 is 24.1 Å². The van der Waals surface area contributed by atoms with Crippen LogP contribution in [0.2, 0.25) is 0 Å². The molecule has 18 heteroatoms. The highest BCUT2D eigenvalue weighted by molar-refractivity contribution is 5.96. The molecular formula is C51H68F3N3O12. The maximum absolute atomic E-state index is 15.8. The highest BCUT2D eigenvalue weighted by atomic mass is 19.4. The van der Waals surface area contributed by atoms with Crippen LogP contribution in [0.15, 0.2) is 60.7 Å². The number of amides is 2. The summed E-state index contributed by atoms with van der Waals surface area (Å²) < 4.78 is 67.6. The molecule has 1 aliphatic carbocycles. The summed E-state index contributed by atoms with van der Waals surface area (Å²) >= 11 is 0. The number of hydrogen-bond donors (Lipinski definition) is 2. The van der Waals surface area contributed by atoms with Gasteiger partial charge in [-0.1, -0.05) is 94.1 Å². The van der Waals surface area contributed by atoms with E-state index in [9.17, 15) is 37.5 Å². The minimum Gasteiger partial charge on any atom is -0.460 e. The first-order chi connectivity index (χ1) is 32.7. The molecule has 3 aliphatic heterocycles. The predicted octanol–water partition coefficient (Wildman–Crippen LogP) is 6.91. The fourth-order valence-corrected chi connectivity index (χ4v) is 9.86. The van der Waals surface area contributed by atoms with Crippen LogP contribution in [0.4, 0.5) is 13.2 Å². The monoisotopic (exact) mass is 971 g/mol. The lowest BCUT2D eigenvalue weighted by Gasteiger charge is -2.50. The average Bonchev–Trinajstić information content (AvgIpc) is 3.86. The maximum Gasteiger partial charge on any atom is 0.422 e. The molecule has 0 aromatic heterocycles. The molecule has 4 fully saturated rings. The fourth-order valence-electron chi connectivity index (χ4n) is 9.86. The Kier molecular flexibility index (Phi) is 17.8. The number of rotatable bonds is 23. The Labute approximate surface area is 402 Å². The van der Waals surface area contributed by atoms with Gasteiger partial charge in [0.25, 0.3) is 0 Å². The van der Waals surface area contributed by atoms with Crippen molar-refractivity contribution in [1.82, 2.24) is 15.3 Å². The molecule has 2 aromatic carbocycles. The standard InChI is InChI=1S/C51H68F3N3O12/c1-7-9-14-26-49(27-15-10-8-2)67-41-38-29-50(47(63)56(6)37(28-34-16-12-11-13-17-34)45(61)55-36(31-58)23-25-40(60)66-48(3,4)5)43(46(62)65-38)57(69-44(50)42(41)68-49)30-35-20-18-33(19-21-35)22-24-39(59)64-32-51(52,53)54/h11-13,16-22,24,36-38,41-44,58H,7-10,14-15,23,25-32H2,1-6H3,(H,55,61)/t36-,37+,38?,41-,42-,43-,44+,50?/m0/s1. The summed E-state index contributed by atoms with van der Waals surface area (Å²) in [4.78, 5) is 77.7. The molecular weight excluding hydrogens is 904 g/mol. The second kappa shape index (κ2) is 22.9. The molecule has 15 nitrogen and oxygen atoms in total. The predicted molar refractivity (Wildman–Crippen MR) is 245 cm³/mol. The van der Waals surface area contributed by atoms with Gasteiger partial charge in [-0.05, 0) is 62.8 Å². The smallest absolute Gasteiger partial charge is 0.422 e. The van der Waals surface area contributed by atoms with E-state index < -0.39 is 108 Å². The molecule has 69 heavy (non-hydrogen) atoms. The SMILES string of the molecule is CCCCCC1(CCCCC)O[C@@H]2[C@H]3ON(Cc4ccc(C=CC(=O)OCC(F)(F)F)cc4)[C@H]4C(=O)OC(CC34C(=O)N(C)[C@H](Cc3ccccc3)C(=O)N[C@H](CO)CCC(=O)OC(C)(C)C)[C@@H]2O1. The molecule has 3 saturated heterocycles. The van der Waals surface area contributed by atoms with Gasteiger partial charge in [0.05, 0.1) is 19.2 Å². The number of nitrogens with zero attached hydrogens (tertiary/aromatic N) is 2. The molecule has 380 valence electrons. The fraction of sp³-hybridized carbons (Fsp3) is 0.627. The third kappa shape index (κ3) is 13.3. The lowest BCUT2D eigenvalue weighted by molar-refractivity contribution is -0.225. The molecule has 2 bridgehead atoms. The van der Waals surface area contributed by atoms with E-state index >= 15 is 4.79 Å². The first kappa shape index (κ1) is 53.5. The molecule has 3 heterocycles. The topological polar surface area (TPSA) is 179 Å². The molecule has 2 aromatic rings. The largest absolute Gasteiger partial charge is 0.460 e. The summed E-state index contributed by atoms with van der Waals surface area (Å²) in [6.07, 6.45) is 0.637. The molecule has 8 atom stereocenters. The lowest BCUT2D eigenvalue weighted by Crippen LogP contribution is -2.70. The van der Waals surface area contributed by atoms with E-state index in [4.69, 9.17) is 23.8 Å². The molecule has 0 spiro atoms. The number of carbonyl (C=O) groups is 5. The van der Waals surface area contributed by atoms with Crippen molar-refractivity contribution in [3.63, 3.8) is 0 Å². The van der Waals surface area contributed by atoms with Gasteiger partial charge in [-0.15, -0.1) is 0 Å². The lowest BCUT2D eigenvalue weighted by atomic mass is 9.62. The van der Waals surface area contributed by atoms with Crippen LogP contribution in [0.5, 0.6) is 0 Å². The first-order valence-corrected chi connectivity index (χ1v) is 24.2.